The van der Waals surface area contributed by atoms with Crippen molar-refractivity contribution in [3.05, 3.63) is 52.1 Å². The molecule has 134 valence electrons. The summed E-state index contributed by atoms with van der Waals surface area (Å²) in [5, 5.41) is 4.72. The van der Waals surface area contributed by atoms with Crippen LogP contribution in [0.5, 0.6) is 0 Å². The summed E-state index contributed by atoms with van der Waals surface area (Å²) in [6, 6.07) is 10.2. The molecule has 1 N–H and O–H groups in total. The molecule has 4 rings (SSSR count). The largest absolute Gasteiger partial charge is 0.301 e. The van der Waals surface area contributed by atoms with Crippen molar-refractivity contribution in [2.45, 2.75) is 38.0 Å². The van der Waals surface area contributed by atoms with Gasteiger partial charge in [-0.3, -0.25) is 9.78 Å². The maximum atomic E-state index is 13.1. The highest BCUT2D eigenvalue weighted by molar-refractivity contribution is 9.11. The van der Waals surface area contributed by atoms with Crippen molar-refractivity contribution in [1.82, 2.24) is 9.97 Å². The zero-order chi connectivity index (χ0) is 17.9. The number of hydrogen-bond donors (Lipinski definition) is 1. The number of rotatable bonds is 5. The molecule has 1 fully saturated rings. The second kappa shape index (κ2) is 7.84. The first-order chi connectivity index (χ1) is 12.7. The normalized spacial score (nSPS) is 16.0. The number of amides is 1. The van der Waals surface area contributed by atoms with E-state index in [1.54, 1.807) is 12.4 Å². The Morgan fingerprint density at radius 1 is 1.27 bits per heavy atom. The van der Waals surface area contributed by atoms with Crippen molar-refractivity contribution < 1.29 is 4.79 Å². The van der Waals surface area contributed by atoms with Gasteiger partial charge in [0.25, 0.3) is 0 Å². The Balaban J connectivity index is 1.62. The van der Waals surface area contributed by atoms with E-state index in [2.05, 4.69) is 37.3 Å². The SMILES string of the molecule is O=C(Nc1ncc(Br)s1)C(CC1CCCC1)c1ccc2ncccc2c1. The molecule has 3 aromatic rings. The summed E-state index contributed by atoms with van der Waals surface area (Å²) in [6.07, 6.45) is 9.41. The Bertz CT molecular complexity index is 920. The van der Waals surface area contributed by atoms with Crippen molar-refractivity contribution in [3.63, 3.8) is 0 Å². The van der Waals surface area contributed by atoms with E-state index in [-0.39, 0.29) is 11.8 Å². The predicted molar refractivity (Wildman–Crippen MR) is 110 cm³/mol. The fraction of sp³-hybridized carbons (Fsp3) is 0.350. The molecule has 1 aliphatic carbocycles. The van der Waals surface area contributed by atoms with Crippen LogP contribution < -0.4 is 5.32 Å². The lowest BCUT2D eigenvalue weighted by Crippen LogP contribution is -2.23. The van der Waals surface area contributed by atoms with Crippen LogP contribution in [0.25, 0.3) is 10.9 Å². The van der Waals surface area contributed by atoms with E-state index in [4.69, 9.17) is 0 Å². The Hall–Kier alpha value is -1.79. The molecule has 1 amide bonds. The predicted octanol–water partition coefficient (Wildman–Crippen LogP) is 5.76. The van der Waals surface area contributed by atoms with E-state index in [0.717, 1.165) is 26.7 Å². The maximum Gasteiger partial charge on any atom is 0.233 e. The minimum absolute atomic E-state index is 0.0296. The van der Waals surface area contributed by atoms with E-state index in [1.165, 1.54) is 37.0 Å². The summed E-state index contributed by atoms with van der Waals surface area (Å²) in [4.78, 5) is 21.7. The van der Waals surface area contributed by atoms with Gasteiger partial charge in [0, 0.05) is 11.6 Å². The lowest BCUT2D eigenvalue weighted by atomic mass is 9.86. The summed E-state index contributed by atoms with van der Waals surface area (Å²) in [6.45, 7) is 0. The molecule has 26 heavy (non-hydrogen) atoms. The van der Waals surface area contributed by atoms with Crippen molar-refractivity contribution >= 4 is 49.2 Å². The summed E-state index contributed by atoms with van der Waals surface area (Å²) >= 11 is 4.84. The number of pyridine rings is 1. The van der Waals surface area contributed by atoms with Crippen molar-refractivity contribution in [2.75, 3.05) is 5.32 Å². The fourth-order valence-electron chi connectivity index (χ4n) is 3.79. The minimum atomic E-state index is -0.162. The zero-order valence-electron chi connectivity index (χ0n) is 14.3. The maximum absolute atomic E-state index is 13.1. The van der Waals surface area contributed by atoms with Crippen LogP contribution >= 0.6 is 27.3 Å². The zero-order valence-corrected chi connectivity index (χ0v) is 16.7. The van der Waals surface area contributed by atoms with Crippen LogP contribution in [0.1, 0.15) is 43.6 Å². The van der Waals surface area contributed by atoms with Crippen molar-refractivity contribution in [1.29, 1.82) is 0 Å². The van der Waals surface area contributed by atoms with Crippen LogP contribution in [0.4, 0.5) is 5.13 Å². The molecule has 2 aromatic heterocycles. The van der Waals surface area contributed by atoms with Crippen molar-refractivity contribution in [2.24, 2.45) is 5.92 Å². The first-order valence-corrected chi connectivity index (χ1v) is 10.6. The number of anilines is 1. The summed E-state index contributed by atoms with van der Waals surface area (Å²) in [5.41, 5.74) is 2.02. The number of thiazole rings is 1. The summed E-state index contributed by atoms with van der Waals surface area (Å²) < 4.78 is 0.914. The molecule has 0 spiro atoms. The van der Waals surface area contributed by atoms with E-state index < -0.39 is 0 Å². The molecule has 6 heteroatoms. The number of carbonyl (C=O) groups excluding carboxylic acids is 1. The molecule has 1 unspecified atom stereocenters. The Morgan fingerprint density at radius 2 is 2.12 bits per heavy atom. The summed E-state index contributed by atoms with van der Waals surface area (Å²) in [7, 11) is 0. The van der Waals surface area contributed by atoms with Crippen LogP contribution in [-0.4, -0.2) is 15.9 Å². The van der Waals surface area contributed by atoms with Crippen LogP contribution in [0.2, 0.25) is 0 Å². The molecule has 0 saturated heterocycles. The molecule has 1 aromatic carbocycles. The smallest absolute Gasteiger partial charge is 0.233 e. The van der Waals surface area contributed by atoms with E-state index in [1.807, 2.05) is 24.3 Å². The van der Waals surface area contributed by atoms with Gasteiger partial charge in [0.15, 0.2) is 5.13 Å². The first kappa shape index (κ1) is 17.6. The number of halogens is 1. The molecule has 1 saturated carbocycles. The third-order valence-electron chi connectivity index (χ3n) is 5.10. The first-order valence-electron chi connectivity index (χ1n) is 8.96. The van der Waals surface area contributed by atoms with Crippen LogP contribution in [0.3, 0.4) is 0 Å². The number of aromatic nitrogens is 2. The average molecular weight is 430 g/mol. The highest BCUT2D eigenvalue weighted by Gasteiger charge is 2.27. The minimum Gasteiger partial charge on any atom is -0.301 e. The van der Waals surface area contributed by atoms with Crippen LogP contribution in [0.15, 0.2) is 46.5 Å². The van der Waals surface area contributed by atoms with Crippen molar-refractivity contribution in [3.8, 4) is 0 Å². The lowest BCUT2D eigenvalue weighted by Gasteiger charge is -2.20. The molecule has 0 bridgehead atoms. The number of hydrogen-bond acceptors (Lipinski definition) is 4. The van der Waals surface area contributed by atoms with E-state index in [0.29, 0.717) is 11.0 Å². The molecule has 1 atom stereocenters. The molecule has 1 aliphatic rings. The van der Waals surface area contributed by atoms with Crippen LogP contribution in [0, 0.1) is 5.92 Å². The Kier molecular flexibility index (Phi) is 5.31. The molecule has 2 heterocycles. The molecule has 4 nitrogen and oxygen atoms in total. The molecular formula is C20H20BrN3OS. The van der Waals surface area contributed by atoms with Gasteiger partial charge in [-0.15, -0.1) is 0 Å². The van der Waals surface area contributed by atoms with Gasteiger partial charge in [-0.25, -0.2) is 4.98 Å². The average Bonchev–Trinajstić information content (AvgIpc) is 3.31. The third kappa shape index (κ3) is 3.96. The van der Waals surface area contributed by atoms with Gasteiger partial charge in [0.1, 0.15) is 0 Å². The van der Waals surface area contributed by atoms with Gasteiger partial charge in [0.05, 0.1) is 21.4 Å². The second-order valence-electron chi connectivity index (χ2n) is 6.85. The fourth-order valence-corrected chi connectivity index (χ4v) is 4.90. The number of nitrogens with one attached hydrogen (secondary N) is 1. The van der Waals surface area contributed by atoms with Crippen LogP contribution in [-0.2, 0) is 4.79 Å². The number of fused-ring (bicyclic) bond motifs is 1. The van der Waals surface area contributed by atoms with E-state index >= 15 is 0 Å². The summed E-state index contributed by atoms with van der Waals surface area (Å²) in [5.74, 6) is 0.491. The second-order valence-corrected chi connectivity index (χ2v) is 9.26. The number of carbonyl (C=O) groups is 1. The lowest BCUT2D eigenvalue weighted by molar-refractivity contribution is -0.118. The number of benzene rings is 1. The van der Waals surface area contributed by atoms with Gasteiger partial charge < -0.3 is 5.32 Å². The van der Waals surface area contributed by atoms with Gasteiger partial charge in [0.2, 0.25) is 5.91 Å². The highest BCUT2D eigenvalue weighted by Crippen LogP contribution is 2.36. The van der Waals surface area contributed by atoms with Gasteiger partial charge in [-0.05, 0) is 52.0 Å². The molecular weight excluding hydrogens is 410 g/mol. The standard InChI is InChI=1S/C20H20BrN3OS/c21-18-12-23-20(26-18)24-19(25)16(10-13-4-1-2-5-13)14-7-8-17-15(11-14)6-3-9-22-17/h3,6-9,11-13,16H,1-2,4-5,10H2,(H,23,24,25). The van der Waals surface area contributed by atoms with Gasteiger partial charge in [-0.1, -0.05) is 49.2 Å². The molecule has 0 aliphatic heterocycles. The quantitative estimate of drug-likeness (QED) is 0.560. The highest BCUT2D eigenvalue weighted by atomic mass is 79.9. The molecule has 0 radical (unpaired) electrons. The number of nitrogens with zero attached hydrogens (tertiary/aromatic N) is 2. The topological polar surface area (TPSA) is 54.9 Å². The monoisotopic (exact) mass is 429 g/mol. The van der Waals surface area contributed by atoms with Gasteiger partial charge >= 0.3 is 0 Å². The van der Waals surface area contributed by atoms with Gasteiger partial charge in [-0.2, -0.15) is 0 Å². The van der Waals surface area contributed by atoms with E-state index in [9.17, 15) is 4.79 Å². The third-order valence-corrected chi connectivity index (χ3v) is 6.49. The Labute approximate surface area is 165 Å². The Morgan fingerprint density at radius 3 is 2.88 bits per heavy atom.